The Hall–Kier alpha value is -2.32. The first-order chi connectivity index (χ1) is 11.7. The van der Waals surface area contributed by atoms with E-state index in [2.05, 4.69) is 20.8 Å². The van der Waals surface area contributed by atoms with Crippen molar-refractivity contribution in [2.24, 2.45) is 5.73 Å². The molecule has 4 rings (SSSR count). The number of carbonyl (C=O) groups excluding carboxylic acids is 1. The lowest BCUT2D eigenvalue weighted by atomic mass is 10.1. The quantitative estimate of drug-likeness (QED) is 0.851. The molecule has 1 saturated carbocycles. The summed E-state index contributed by atoms with van der Waals surface area (Å²) in [6, 6.07) is 7.96. The molecule has 1 aromatic carbocycles. The van der Waals surface area contributed by atoms with Crippen LogP contribution in [0.4, 0.5) is 5.69 Å². The maximum atomic E-state index is 12.3. The first-order valence-corrected chi connectivity index (χ1v) is 8.29. The highest BCUT2D eigenvalue weighted by molar-refractivity contribution is 5.94. The van der Waals surface area contributed by atoms with Crippen molar-refractivity contribution in [2.75, 3.05) is 11.9 Å². The van der Waals surface area contributed by atoms with Gasteiger partial charge < -0.3 is 15.8 Å². The van der Waals surface area contributed by atoms with Crippen molar-refractivity contribution in [2.45, 2.75) is 43.9 Å². The van der Waals surface area contributed by atoms with Crippen LogP contribution in [0.25, 0.3) is 11.4 Å². The van der Waals surface area contributed by atoms with Gasteiger partial charge in [0.2, 0.25) is 0 Å². The van der Waals surface area contributed by atoms with Crippen LogP contribution in [0.2, 0.25) is 0 Å². The average molecular weight is 328 g/mol. The number of tetrazole rings is 1. The molecule has 1 aromatic heterocycles. The molecule has 0 unspecified atom stereocenters. The van der Waals surface area contributed by atoms with Gasteiger partial charge in [0.25, 0.3) is 5.91 Å². The molecule has 0 spiro atoms. The summed E-state index contributed by atoms with van der Waals surface area (Å²) >= 11 is 0. The molecule has 8 nitrogen and oxygen atoms in total. The Morgan fingerprint density at radius 2 is 2.21 bits per heavy atom. The zero-order chi connectivity index (χ0) is 16.5. The number of nitrogens with one attached hydrogen (secondary N) is 1. The highest BCUT2D eigenvalue weighted by atomic mass is 16.5. The molecule has 1 saturated heterocycles. The Morgan fingerprint density at radius 3 is 2.96 bits per heavy atom. The van der Waals surface area contributed by atoms with E-state index in [9.17, 15) is 4.79 Å². The van der Waals surface area contributed by atoms with Crippen LogP contribution in [-0.2, 0) is 9.53 Å². The summed E-state index contributed by atoms with van der Waals surface area (Å²) < 4.78 is 7.49. The largest absolute Gasteiger partial charge is 0.364 e. The molecule has 1 amide bonds. The number of rotatable bonds is 5. The molecule has 2 heterocycles. The number of nitrogens with two attached hydrogens (primary N) is 1. The van der Waals surface area contributed by atoms with Crippen molar-refractivity contribution >= 4 is 11.6 Å². The number of hydrogen-bond acceptors (Lipinski definition) is 6. The third kappa shape index (κ3) is 3.02. The Morgan fingerprint density at radius 1 is 1.33 bits per heavy atom. The summed E-state index contributed by atoms with van der Waals surface area (Å²) in [6.07, 6.45) is 3.29. The fourth-order valence-electron chi connectivity index (χ4n) is 2.98. The van der Waals surface area contributed by atoms with Crippen LogP contribution in [0.5, 0.6) is 0 Å². The number of aromatic nitrogens is 4. The number of anilines is 1. The Labute approximate surface area is 139 Å². The Bertz CT molecular complexity index is 742. The van der Waals surface area contributed by atoms with Crippen LogP contribution in [0.1, 0.15) is 31.7 Å². The average Bonchev–Trinajstić information content (AvgIpc) is 3.14. The van der Waals surface area contributed by atoms with Crippen LogP contribution >= 0.6 is 0 Å². The second kappa shape index (κ2) is 6.29. The number of hydrogen-bond donors (Lipinski definition) is 2. The fourth-order valence-corrected chi connectivity index (χ4v) is 2.98. The van der Waals surface area contributed by atoms with E-state index in [1.54, 1.807) is 0 Å². The standard InChI is InChI=1S/C16H20N6O2/c17-9-13-6-7-14(24-13)16(23)18-11-3-1-2-10(8-11)15-19-20-21-22(15)12-4-5-12/h1-3,8,12-14H,4-7,9,17H2,(H,18,23)/t13-,14+/m1/s1. The van der Waals surface area contributed by atoms with E-state index in [0.717, 1.165) is 30.7 Å². The summed E-state index contributed by atoms with van der Waals surface area (Å²) in [5.41, 5.74) is 7.19. The van der Waals surface area contributed by atoms with Crippen LogP contribution < -0.4 is 11.1 Å². The molecule has 1 aliphatic heterocycles. The molecule has 2 atom stereocenters. The first kappa shape index (κ1) is 15.2. The molecule has 2 aliphatic rings. The van der Waals surface area contributed by atoms with Crippen molar-refractivity contribution in [1.29, 1.82) is 0 Å². The molecular formula is C16H20N6O2. The van der Waals surface area contributed by atoms with Crippen LogP contribution in [0, 0.1) is 0 Å². The van der Waals surface area contributed by atoms with Crippen molar-refractivity contribution in [3.05, 3.63) is 24.3 Å². The van der Waals surface area contributed by atoms with E-state index >= 15 is 0 Å². The second-order valence-electron chi connectivity index (χ2n) is 6.31. The number of ether oxygens (including phenoxy) is 1. The van der Waals surface area contributed by atoms with Crippen LogP contribution in [0.3, 0.4) is 0 Å². The third-order valence-corrected chi connectivity index (χ3v) is 4.44. The third-order valence-electron chi connectivity index (χ3n) is 4.44. The van der Waals surface area contributed by atoms with E-state index in [4.69, 9.17) is 10.5 Å². The van der Waals surface area contributed by atoms with Crippen molar-refractivity contribution in [1.82, 2.24) is 20.2 Å². The Kier molecular flexibility index (Phi) is 3.99. The van der Waals surface area contributed by atoms with E-state index in [0.29, 0.717) is 24.7 Å². The zero-order valence-electron chi connectivity index (χ0n) is 13.3. The minimum atomic E-state index is -0.431. The van der Waals surface area contributed by atoms with Crippen molar-refractivity contribution in [3.8, 4) is 11.4 Å². The van der Waals surface area contributed by atoms with Crippen molar-refractivity contribution in [3.63, 3.8) is 0 Å². The highest BCUT2D eigenvalue weighted by Crippen LogP contribution is 2.36. The number of nitrogens with zero attached hydrogens (tertiary/aromatic N) is 4. The molecule has 2 aromatic rings. The van der Waals surface area contributed by atoms with Gasteiger partial charge in [-0.3, -0.25) is 4.79 Å². The zero-order valence-corrected chi connectivity index (χ0v) is 13.3. The van der Waals surface area contributed by atoms with E-state index in [1.807, 2.05) is 28.9 Å². The second-order valence-corrected chi connectivity index (χ2v) is 6.31. The van der Waals surface area contributed by atoms with Gasteiger partial charge in [0.05, 0.1) is 12.1 Å². The molecule has 0 bridgehead atoms. The van der Waals surface area contributed by atoms with Gasteiger partial charge in [-0.2, -0.15) is 0 Å². The lowest BCUT2D eigenvalue weighted by Gasteiger charge is -2.13. The molecule has 2 fully saturated rings. The summed E-state index contributed by atoms with van der Waals surface area (Å²) in [7, 11) is 0. The van der Waals surface area contributed by atoms with Crippen LogP contribution in [0.15, 0.2) is 24.3 Å². The number of benzene rings is 1. The van der Waals surface area contributed by atoms with E-state index in [-0.39, 0.29) is 12.0 Å². The van der Waals surface area contributed by atoms with Gasteiger partial charge in [0.15, 0.2) is 5.82 Å². The van der Waals surface area contributed by atoms with Gasteiger partial charge in [-0.25, -0.2) is 4.68 Å². The molecule has 24 heavy (non-hydrogen) atoms. The van der Waals surface area contributed by atoms with Gasteiger partial charge in [-0.05, 0) is 48.2 Å². The molecule has 0 radical (unpaired) electrons. The fraction of sp³-hybridized carbons (Fsp3) is 0.500. The monoisotopic (exact) mass is 328 g/mol. The molecule has 8 heteroatoms. The lowest BCUT2D eigenvalue weighted by Crippen LogP contribution is -2.29. The molecule has 1 aliphatic carbocycles. The van der Waals surface area contributed by atoms with Gasteiger partial charge in [-0.1, -0.05) is 12.1 Å². The molecule has 3 N–H and O–H groups in total. The summed E-state index contributed by atoms with van der Waals surface area (Å²) in [6.45, 7) is 0.448. The van der Waals surface area contributed by atoms with Gasteiger partial charge in [0.1, 0.15) is 6.10 Å². The number of carbonyl (C=O) groups is 1. The Balaban J connectivity index is 1.49. The van der Waals surface area contributed by atoms with E-state index < -0.39 is 6.10 Å². The SMILES string of the molecule is NC[C@H]1CC[C@@H](C(=O)Nc2cccc(-c3nnnn3C3CC3)c2)O1. The first-order valence-electron chi connectivity index (χ1n) is 8.29. The maximum Gasteiger partial charge on any atom is 0.253 e. The van der Waals surface area contributed by atoms with Gasteiger partial charge in [-0.15, -0.1) is 5.10 Å². The minimum Gasteiger partial charge on any atom is -0.364 e. The lowest BCUT2D eigenvalue weighted by molar-refractivity contribution is -0.126. The predicted octanol–water partition coefficient (Wildman–Crippen LogP) is 1.12. The maximum absolute atomic E-state index is 12.3. The normalized spacial score (nSPS) is 23.4. The number of amides is 1. The minimum absolute atomic E-state index is 0.0183. The smallest absolute Gasteiger partial charge is 0.253 e. The van der Waals surface area contributed by atoms with Gasteiger partial charge >= 0.3 is 0 Å². The van der Waals surface area contributed by atoms with Crippen LogP contribution in [-0.4, -0.2) is 44.9 Å². The van der Waals surface area contributed by atoms with Gasteiger partial charge in [0, 0.05) is 17.8 Å². The van der Waals surface area contributed by atoms with E-state index in [1.165, 1.54) is 0 Å². The summed E-state index contributed by atoms with van der Waals surface area (Å²) in [4.78, 5) is 12.3. The predicted molar refractivity (Wildman–Crippen MR) is 87.1 cm³/mol. The molecular weight excluding hydrogens is 308 g/mol. The summed E-state index contributed by atoms with van der Waals surface area (Å²) in [5.74, 6) is 0.596. The topological polar surface area (TPSA) is 108 Å². The summed E-state index contributed by atoms with van der Waals surface area (Å²) in [5, 5.41) is 14.9. The molecule has 126 valence electrons. The van der Waals surface area contributed by atoms with Crippen molar-refractivity contribution < 1.29 is 9.53 Å². The highest BCUT2D eigenvalue weighted by Gasteiger charge is 2.30.